The summed E-state index contributed by atoms with van der Waals surface area (Å²) in [5, 5.41) is 0. The van der Waals surface area contributed by atoms with Gasteiger partial charge in [0.2, 0.25) is 0 Å². The van der Waals surface area contributed by atoms with E-state index in [9.17, 15) is 4.79 Å². The number of benzene rings is 1. The van der Waals surface area contributed by atoms with Gasteiger partial charge in [-0.2, -0.15) is 0 Å². The first kappa shape index (κ1) is 13.1. The van der Waals surface area contributed by atoms with Crippen molar-refractivity contribution in [3.63, 3.8) is 0 Å². The fraction of sp³-hybridized carbons (Fsp3) is 0.500. The molecule has 0 bridgehead atoms. The maximum absolute atomic E-state index is 11.9. The minimum absolute atomic E-state index is 0.00553. The Balaban J connectivity index is 2.14. The molecule has 2 rings (SSSR count). The van der Waals surface area contributed by atoms with E-state index in [0.717, 1.165) is 31.9 Å². The van der Waals surface area contributed by atoms with E-state index >= 15 is 0 Å². The van der Waals surface area contributed by atoms with E-state index in [2.05, 4.69) is 22.9 Å². The minimum atomic E-state index is -0.437. The van der Waals surface area contributed by atoms with Gasteiger partial charge in [-0.3, -0.25) is 4.79 Å². The van der Waals surface area contributed by atoms with Crippen molar-refractivity contribution in [2.75, 3.05) is 38.1 Å². The predicted molar refractivity (Wildman–Crippen MR) is 74.1 cm³/mol. The van der Waals surface area contributed by atoms with E-state index in [1.807, 2.05) is 18.2 Å². The van der Waals surface area contributed by atoms with Crippen LogP contribution in [0.5, 0.6) is 0 Å². The van der Waals surface area contributed by atoms with Crippen molar-refractivity contribution in [1.29, 1.82) is 0 Å². The number of nitrogens with zero attached hydrogens (tertiary/aromatic N) is 2. The summed E-state index contributed by atoms with van der Waals surface area (Å²) in [6, 6.07) is 7.35. The molecule has 18 heavy (non-hydrogen) atoms. The fourth-order valence-corrected chi connectivity index (χ4v) is 2.18. The smallest absolute Gasteiger partial charge is 0.179 e. The lowest BCUT2D eigenvalue weighted by molar-refractivity contribution is 0.0968. The minimum Gasteiger partial charge on any atom is -0.369 e. The summed E-state index contributed by atoms with van der Waals surface area (Å²) in [5.74, 6) is 0.00553. The van der Waals surface area contributed by atoms with E-state index in [0.29, 0.717) is 5.56 Å². The van der Waals surface area contributed by atoms with Gasteiger partial charge < -0.3 is 15.5 Å². The zero-order valence-corrected chi connectivity index (χ0v) is 11.1. The van der Waals surface area contributed by atoms with Crippen molar-refractivity contribution in [3.8, 4) is 0 Å². The summed E-state index contributed by atoms with van der Waals surface area (Å²) < 4.78 is 0. The van der Waals surface area contributed by atoms with E-state index < -0.39 is 6.04 Å². The van der Waals surface area contributed by atoms with Gasteiger partial charge in [0.05, 0.1) is 6.04 Å². The Kier molecular flexibility index (Phi) is 3.99. The number of hydrogen-bond acceptors (Lipinski definition) is 4. The van der Waals surface area contributed by atoms with Crippen molar-refractivity contribution < 1.29 is 4.79 Å². The van der Waals surface area contributed by atoms with Gasteiger partial charge >= 0.3 is 0 Å². The van der Waals surface area contributed by atoms with Crippen LogP contribution in [0.15, 0.2) is 24.3 Å². The third-order valence-electron chi connectivity index (χ3n) is 3.41. The van der Waals surface area contributed by atoms with Gasteiger partial charge in [0, 0.05) is 37.4 Å². The second-order valence-corrected chi connectivity index (χ2v) is 4.99. The largest absolute Gasteiger partial charge is 0.369 e. The molecule has 4 heteroatoms. The molecule has 1 aliphatic rings. The highest BCUT2D eigenvalue weighted by Crippen LogP contribution is 2.18. The number of carbonyl (C=O) groups excluding carboxylic acids is 1. The zero-order chi connectivity index (χ0) is 13.1. The third-order valence-corrected chi connectivity index (χ3v) is 3.41. The summed E-state index contributed by atoms with van der Waals surface area (Å²) in [6.07, 6.45) is 0. The number of nitrogens with two attached hydrogens (primary N) is 1. The average Bonchev–Trinajstić information content (AvgIpc) is 2.38. The van der Waals surface area contributed by atoms with Crippen molar-refractivity contribution in [3.05, 3.63) is 29.8 Å². The molecule has 1 aromatic rings. The van der Waals surface area contributed by atoms with Crippen LogP contribution in [0.1, 0.15) is 17.3 Å². The van der Waals surface area contributed by atoms with E-state index in [1.165, 1.54) is 0 Å². The molecule has 1 heterocycles. The van der Waals surface area contributed by atoms with Crippen LogP contribution in [-0.2, 0) is 0 Å². The van der Waals surface area contributed by atoms with E-state index in [4.69, 9.17) is 5.73 Å². The van der Waals surface area contributed by atoms with Gasteiger partial charge in [0.1, 0.15) is 0 Å². The Morgan fingerprint density at radius 1 is 1.28 bits per heavy atom. The lowest BCUT2D eigenvalue weighted by Crippen LogP contribution is -2.44. The third kappa shape index (κ3) is 2.89. The van der Waals surface area contributed by atoms with Gasteiger partial charge in [-0.05, 0) is 26.1 Å². The quantitative estimate of drug-likeness (QED) is 0.809. The highest BCUT2D eigenvalue weighted by Gasteiger charge is 2.16. The number of carbonyl (C=O) groups is 1. The number of ketones is 1. The molecule has 1 saturated heterocycles. The molecule has 4 nitrogen and oxygen atoms in total. The zero-order valence-electron chi connectivity index (χ0n) is 11.1. The first-order valence-corrected chi connectivity index (χ1v) is 6.41. The maximum Gasteiger partial charge on any atom is 0.179 e. The van der Waals surface area contributed by atoms with Crippen LogP contribution >= 0.6 is 0 Å². The first-order valence-electron chi connectivity index (χ1n) is 6.41. The number of likely N-dealkylation sites (N-methyl/N-ethyl adjacent to an activating group) is 1. The van der Waals surface area contributed by atoms with Crippen LogP contribution in [0, 0.1) is 0 Å². The van der Waals surface area contributed by atoms with Crippen molar-refractivity contribution in [2.24, 2.45) is 5.73 Å². The maximum atomic E-state index is 11.9. The van der Waals surface area contributed by atoms with Gasteiger partial charge in [0.15, 0.2) is 5.78 Å². The molecule has 0 saturated carbocycles. The highest BCUT2D eigenvalue weighted by molar-refractivity contribution is 6.00. The molecule has 0 radical (unpaired) electrons. The Bertz CT molecular complexity index is 423. The van der Waals surface area contributed by atoms with E-state index in [1.54, 1.807) is 6.92 Å². The summed E-state index contributed by atoms with van der Waals surface area (Å²) in [4.78, 5) is 16.5. The first-order chi connectivity index (χ1) is 8.58. The molecule has 0 aromatic heterocycles. The molecule has 1 atom stereocenters. The number of rotatable bonds is 3. The molecule has 0 amide bonds. The predicted octanol–water partition coefficient (Wildman–Crippen LogP) is 0.968. The van der Waals surface area contributed by atoms with Gasteiger partial charge in [-0.1, -0.05) is 12.1 Å². The molecule has 1 aromatic carbocycles. The van der Waals surface area contributed by atoms with Gasteiger partial charge in [-0.25, -0.2) is 0 Å². The van der Waals surface area contributed by atoms with Crippen LogP contribution < -0.4 is 10.6 Å². The number of anilines is 1. The van der Waals surface area contributed by atoms with Crippen LogP contribution in [0.25, 0.3) is 0 Å². The molecular formula is C14H21N3O. The average molecular weight is 247 g/mol. The van der Waals surface area contributed by atoms with Crippen molar-refractivity contribution in [1.82, 2.24) is 4.90 Å². The summed E-state index contributed by atoms with van der Waals surface area (Å²) in [5.41, 5.74) is 7.47. The fourth-order valence-electron chi connectivity index (χ4n) is 2.18. The molecule has 1 fully saturated rings. The second-order valence-electron chi connectivity index (χ2n) is 4.99. The Hall–Kier alpha value is -1.39. The second kappa shape index (κ2) is 5.50. The Morgan fingerprint density at radius 2 is 1.94 bits per heavy atom. The lowest BCUT2D eigenvalue weighted by Gasteiger charge is -2.34. The molecule has 1 unspecified atom stereocenters. The highest BCUT2D eigenvalue weighted by atomic mass is 16.1. The Labute approximate surface area is 108 Å². The topological polar surface area (TPSA) is 49.6 Å². The number of hydrogen-bond donors (Lipinski definition) is 1. The van der Waals surface area contributed by atoms with Gasteiger partial charge in [0.25, 0.3) is 0 Å². The number of piperazine rings is 1. The van der Waals surface area contributed by atoms with Crippen molar-refractivity contribution in [2.45, 2.75) is 13.0 Å². The summed E-state index contributed by atoms with van der Waals surface area (Å²) in [6.45, 7) is 5.86. The SMILES string of the molecule is CC(N)C(=O)c1cccc(N2CCN(C)CC2)c1. The summed E-state index contributed by atoms with van der Waals surface area (Å²) in [7, 11) is 2.13. The normalized spacial score (nSPS) is 18.7. The van der Waals surface area contributed by atoms with Crippen molar-refractivity contribution >= 4 is 11.5 Å². The van der Waals surface area contributed by atoms with Gasteiger partial charge in [-0.15, -0.1) is 0 Å². The van der Waals surface area contributed by atoms with Crippen LogP contribution in [0.4, 0.5) is 5.69 Å². The molecule has 98 valence electrons. The lowest BCUT2D eigenvalue weighted by atomic mass is 10.0. The molecule has 2 N–H and O–H groups in total. The standard InChI is InChI=1S/C14H21N3O/c1-11(15)14(18)12-4-3-5-13(10-12)17-8-6-16(2)7-9-17/h3-5,10-11H,6-9,15H2,1-2H3. The molecule has 1 aliphatic heterocycles. The molecule has 0 aliphatic carbocycles. The van der Waals surface area contributed by atoms with Crippen LogP contribution in [0.2, 0.25) is 0 Å². The van der Waals surface area contributed by atoms with E-state index in [-0.39, 0.29) is 5.78 Å². The van der Waals surface area contributed by atoms with Crippen LogP contribution in [0.3, 0.4) is 0 Å². The molecule has 0 spiro atoms. The number of Topliss-reactive ketones (excluding diaryl/α,β-unsaturated/α-hetero) is 1. The van der Waals surface area contributed by atoms with Crippen LogP contribution in [-0.4, -0.2) is 50.0 Å². The summed E-state index contributed by atoms with van der Waals surface area (Å²) >= 11 is 0. The monoisotopic (exact) mass is 247 g/mol. The molecular weight excluding hydrogens is 226 g/mol. The Morgan fingerprint density at radius 3 is 2.56 bits per heavy atom.